The van der Waals surface area contributed by atoms with Crippen LogP contribution in [0.1, 0.15) is 29.9 Å². The molecule has 1 aromatic heterocycles. The molecule has 0 radical (unpaired) electrons. The number of oxazole rings is 1. The molecule has 0 bridgehead atoms. The summed E-state index contributed by atoms with van der Waals surface area (Å²) >= 11 is 9.88. The molecule has 3 heterocycles. The number of phenolic OH excluding ortho intramolecular Hbond substituents is 1. The van der Waals surface area contributed by atoms with Gasteiger partial charge in [0.05, 0.1) is 46.1 Å². The third kappa shape index (κ3) is 5.62. The van der Waals surface area contributed by atoms with Crippen molar-refractivity contribution >= 4 is 73.6 Å². The molecule has 60 heavy (non-hydrogen) atoms. The van der Waals surface area contributed by atoms with Crippen LogP contribution in [0.25, 0.3) is 22.6 Å². The molecule has 1 saturated carbocycles. The lowest BCUT2D eigenvalue weighted by atomic mass is 9.49. The van der Waals surface area contributed by atoms with Crippen molar-refractivity contribution in [2.45, 2.75) is 24.2 Å². The highest BCUT2D eigenvalue weighted by Crippen LogP contribution is 2.65. The number of fused-ring (bicyclic) bond motifs is 5. The second-order valence-corrected chi connectivity index (χ2v) is 16.8. The van der Waals surface area contributed by atoms with E-state index in [1.807, 2.05) is 30.3 Å². The molecule has 2 N–H and O–H groups in total. The van der Waals surface area contributed by atoms with Gasteiger partial charge in [-0.25, -0.2) is 9.37 Å². The fraction of sp³-hybridized carbons (Fsp3) is 0.196. The summed E-state index contributed by atoms with van der Waals surface area (Å²) in [6, 6.07) is 29.7. The first-order valence-electron chi connectivity index (χ1n) is 19.3. The monoisotopic (exact) mass is 886 g/mol. The Balaban J connectivity index is 1.10. The number of phenols is 1. The van der Waals surface area contributed by atoms with E-state index < -0.39 is 58.5 Å². The van der Waals surface area contributed by atoms with Crippen LogP contribution < -0.4 is 15.1 Å². The summed E-state index contributed by atoms with van der Waals surface area (Å²) < 4.78 is 25.8. The number of halogens is 3. The van der Waals surface area contributed by atoms with Gasteiger partial charge in [-0.3, -0.25) is 29.5 Å². The van der Waals surface area contributed by atoms with Gasteiger partial charge in [0.2, 0.25) is 17.7 Å². The van der Waals surface area contributed by atoms with E-state index in [-0.39, 0.29) is 34.7 Å². The number of ether oxygens (including phenoxy) is 1. The predicted molar refractivity (Wildman–Crippen MR) is 223 cm³/mol. The summed E-state index contributed by atoms with van der Waals surface area (Å²) in [5.41, 5.74) is 5.77. The largest absolute Gasteiger partial charge is 0.503 e. The normalized spacial score (nSPS) is 24.7. The van der Waals surface area contributed by atoms with Crippen LogP contribution in [0.2, 0.25) is 5.02 Å². The van der Waals surface area contributed by atoms with Crippen LogP contribution >= 0.6 is 27.5 Å². The minimum absolute atomic E-state index is 0.0538. The molecule has 3 fully saturated rings. The summed E-state index contributed by atoms with van der Waals surface area (Å²) in [6.45, 7) is 0. The Morgan fingerprint density at radius 1 is 0.917 bits per heavy atom. The van der Waals surface area contributed by atoms with Crippen LogP contribution in [-0.2, 0) is 24.6 Å². The van der Waals surface area contributed by atoms with Gasteiger partial charge in [-0.15, -0.1) is 0 Å². The molecule has 11 nitrogen and oxygen atoms in total. The smallest absolute Gasteiger partial charge is 0.260 e. The number of hydrazine groups is 1. The summed E-state index contributed by atoms with van der Waals surface area (Å²) in [4.78, 5) is 65.4. The molecule has 6 atom stereocenters. The van der Waals surface area contributed by atoms with Crippen molar-refractivity contribution in [1.29, 1.82) is 0 Å². The molecule has 2 aliphatic heterocycles. The molecule has 2 aliphatic carbocycles. The number of carbonyl (C=O) groups excluding carboxylic acids is 4. The van der Waals surface area contributed by atoms with Gasteiger partial charge >= 0.3 is 0 Å². The van der Waals surface area contributed by atoms with E-state index in [4.69, 9.17) is 20.8 Å². The molecule has 0 spiro atoms. The van der Waals surface area contributed by atoms with E-state index >= 15 is 4.79 Å². The van der Waals surface area contributed by atoms with Crippen LogP contribution in [0.15, 0.2) is 130 Å². The molecular formula is C46H33BrClFN4O7. The summed E-state index contributed by atoms with van der Waals surface area (Å²) in [5.74, 6) is -6.23. The molecule has 300 valence electrons. The number of methoxy groups -OCH3 is 1. The number of hydrogen-bond acceptors (Lipinski definition) is 9. The van der Waals surface area contributed by atoms with Crippen LogP contribution in [0.3, 0.4) is 0 Å². The minimum atomic E-state index is -1.61. The number of rotatable bonds is 7. The zero-order valence-corrected chi connectivity index (χ0v) is 34.0. The SMILES string of the molecule is COc1cc([C@H]2C3=CC[C@@H]4C(=O)N(c5ccc(-c6nc7ccccc7o6)cc5)C(=O)[C@@H]4[C@@H]3C[C@H]3C(=O)N(Nc4ccc(F)cc4)C(=O)[C@@]23c2ccc(Cl)cc2)cc(Br)c1O. The van der Waals surface area contributed by atoms with Gasteiger partial charge in [-0.2, -0.15) is 5.01 Å². The fourth-order valence-corrected chi connectivity index (χ4v) is 10.5. The van der Waals surface area contributed by atoms with Crippen molar-refractivity contribution in [2.75, 3.05) is 17.4 Å². The zero-order valence-electron chi connectivity index (χ0n) is 31.6. The molecule has 4 amide bonds. The van der Waals surface area contributed by atoms with Gasteiger partial charge in [0, 0.05) is 16.5 Å². The highest BCUT2D eigenvalue weighted by Gasteiger charge is 2.70. The van der Waals surface area contributed by atoms with E-state index in [0.29, 0.717) is 55.7 Å². The average Bonchev–Trinajstić information content (AvgIpc) is 3.87. The lowest BCUT2D eigenvalue weighted by Crippen LogP contribution is -2.53. The van der Waals surface area contributed by atoms with Crippen LogP contribution in [0.5, 0.6) is 11.5 Å². The lowest BCUT2D eigenvalue weighted by molar-refractivity contribution is -0.138. The van der Waals surface area contributed by atoms with Crippen molar-refractivity contribution < 1.29 is 37.8 Å². The molecular weight excluding hydrogens is 855 g/mol. The number of aromatic nitrogens is 1. The number of para-hydroxylation sites is 2. The standard InChI is InChI=1S/C46H33BrClFN4O7/c1-59-37-21-24(20-34(47)40(37)54)39-30-18-19-31-38(44(57)52(42(31)55)29-16-6-23(7-17-29)41-50-35-4-2-3-5-36(35)60-41)32(30)22-33-43(56)53(51-28-14-12-27(49)13-15-28)45(58)46(33,39)25-8-10-26(48)11-9-25/h2-18,20-21,31-33,38-39,51,54H,19,22H2,1H3/t31-,32+,33-,38-,39-,46+/m0/s1. The lowest BCUT2D eigenvalue weighted by Gasteiger charge is -2.50. The van der Waals surface area contributed by atoms with E-state index in [1.54, 1.807) is 60.7 Å². The van der Waals surface area contributed by atoms with Crippen LogP contribution in [0.4, 0.5) is 15.8 Å². The highest BCUT2D eigenvalue weighted by atomic mass is 79.9. The molecule has 2 saturated heterocycles. The Morgan fingerprint density at radius 2 is 1.65 bits per heavy atom. The Hall–Kier alpha value is -6.31. The number of nitrogens with zero attached hydrogens (tertiary/aromatic N) is 3. The molecule has 10 rings (SSSR count). The first-order chi connectivity index (χ1) is 29.0. The van der Waals surface area contributed by atoms with Crippen LogP contribution in [-0.4, -0.2) is 45.8 Å². The number of nitrogens with one attached hydrogen (secondary N) is 1. The quantitative estimate of drug-likeness (QED) is 0.119. The van der Waals surface area contributed by atoms with Crippen molar-refractivity contribution in [3.8, 4) is 23.0 Å². The second kappa shape index (κ2) is 14.2. The number of allylic oxidation sites excluding steroid dienone is 2. The van der Waals surface area contributed by atoms with Gasteiger partial charge in [0.1, 0.15) is 11.3 Å². The fourth-order valence-electron chi connectivity index (χ4n) is 9.95. The van der Waals surface area contributed by atoms with Crippen molar-refractivity contribution in [3.05, 3.63) is 147 Å². The summed E-state index contributed by atoms with van der Waals surface area (Å²) in [5, 5.41) is 12.3. The van der Waals surface area contributed by atoms with E-state index in [2.05, 4.69) is 26.3 Å². The number of aromatic hydroxyl groups is 1. The molecule has 0 unspecified atom stereocenters. The number of hydrogen-bond donors (Lipinski definition) is 2. The molecule has 14 heteroatoms. The van der Waals surface area contributed by atoms with E-state index in [9.17, 15) is 23.9 Å². The number of carbonyl (C=O) groups is 4. The number of benzene rings is 5. The average molecular weight is 888 g/mol. The van der Waals surface area contributed by atoms with Crippen molar-refractivity contribution in [3.63, 3.8) is 0 Å². The van der Waals surface area contributed by atoms with Gasteiger partial charge in [0.15, 0.2) is 17.1 Å². The summed E-state index contributed by atoms with van der Waals surface area (Å²) in [7, 11) is 1.41. The van der Waals surface area contributed by atoms with Crippen LogP contribution in [0, 0.1) is 29.5 Å². The van der Waals surface area contributed by atoms with Gasteiger partial charge < -0.3 is 14.3 Å². The summed E-state index contributed by atoms with van der Waals surface area (Å²) in [6.07, 6.45) is 2.20. The highest BCUT2D eigenvalue weighted by molar-refractivity contribution is 9.10. The number of anilines is 2. The number of imide groups is 2. The zero-order chi connectivity index (χ0) is 41.6. The molecule has 5 aromatic carbocycles. The molecule has 4 aliphatic rings. The Bertz CT molecular complexity index is 2780. The number of amides is 4. The van der Waals surface area contributed by atoms with Gasteiger partial charge in [0.25, 0.3) is 11.8 Å². The first kappa shape index (κ1) is 37.9. The molecule has 6 aromatic rings. The predicted octanol–water partition coefficient (Wildman–Crippen LogP) is 8.95. The Kier molecular flexibility index (Phi) is 8.95. The van der Waals surface area contributed by atoms with Crippen molar-refractivity contribution in [2.24, 2.45) is 23.7 Å². The van der Waals surface area contributed by atoms with E-state index in [1.165, 1.54) is 36.3 Å². The third-order valence-corrected chi connectivity index (χ3v) is 13.4. The Morgan fingerprint density at radius 3 is 2.37 bits per heavy atom. The van der Waals surface area contributed by atoms with Crippen molar-refractivity contribution in [1.82, 2.24) is 9.99 Å². The maximum atomic E-state index is 15.4. The second-order valence-electron chi connectivity index (χ2n) is 15.5. The van der Waals surface area contributed by atoms with E-state index in [0.717, 1.165) is 5.01 Å². The maximum Gasteiger partial charge on any atom is 0.260 e. The van der Waals surface area contributed by atoms with Gasteiger partial charge in [-0.05, 0) is 131 Å². The maximum absolute atomic E-state index is 15.4. The Labute approximate surface area is 355 Å². The third-order valence-electron chi connectivity index (χ3n) is 12.5. The first-order valence-corrected chi connectivity index (χ1v) is 20.4. The minimum Gasteiger partial charge on any atom is -0.503 e. The topological polar surface area (TPSA) is 142 Å². The van der Waals surface area contributed by atoms with Gasteiger partial charge in [-0.1, -0.05) is 47.5 Å².